The number of ether oxygens (including phenoxy) is 1. The maximum Gasteiger partial charge on any atom is 0.124 e. The molecule has 92 valence electrons. The van der Waals surface area contributed by atoms with Crippen LogP contribution in [0.2, 0.25) is 0 Å². The Morgan fingerprint density at radius 2 is 2.00 bits per heavy atom. The van der Waals surface area contributed by atoms with Crippen molar-refractivity contribution in [3.05, 3.63) is 58.1 Å². The van der Waals surface area contributed by atoms with Crippen molar-refractivity contribution >= 4 is 21.6 Å². The Morgan fingerprint density at radius 1 is 1.17 bits per heavy atom. The summed E-state index contributed by atoms with van der Waals surface area (Å²) in [6.07, 6.45) is 0.960. The summed E-state index contributed by atoms with van der Waals surface area (Å²) in [5.74, 6) is 0.967. The van der Waals surface area contributed by atoms with Gasteiger partial charge in [-0.15, -0.1) is 0 Å². The van der Waals surface area contributed by atoms with Crippen molar-refractivity contribution in [2.75, 3.05) is 12.4 Å². The van der Waals surface area contributed by atoms with Gasteiger partial charge in [0.15, 0.2) is 0 Å². The Hall–Kier alpha value is -1.48. The first-order chi connectivity index (χ1) is 8.79. The van der Waals surface area contributed by atoms with Crippen LogP contribution < -0.4 is 10.1 Å². The summed E-state index contributed by atoms with van der Waals surface area (Å²) in [5.41, 5.74) is 3.73. The first kappa shape index (κ1) is 11.6. The van der Waals surface area contributed by atoms with Gasteiger partial charge in [0.1, 0.15) is 5.75 Å². The van der Waals surface area contributed by atoms with E-state index in [4.69, 9.17) is 4.74 Å². The summed E-state index contributed by atoms with van der Waals surface area (Å²) >= 11 is 3.62. The normalized spacial score (nSPS) is 17.1. The zero-order valence-corrected chi connectivity index (χ0v) is 11.7. The maximum atomic E-state index is 5.42. The number of halogens is 1. The minimum Gasteiger partial charge on any atom is -0.496 e. The summed E-state index contributed by atoms with van der Waals surface area (Å²) in [7, 11) is 1.72. The number of hydrogen-bond acceptors (Lipinski definition) is 2. The topological polar surface area (TPSA) is 21.3 Å². The van der Waals surface area contributed by atoms with E-state index in [1.54, 1.807) is 7.11 Å². The molecule has 1 aliphatic rings. The van der Waals surface area contributed by atoms with Gasteiger partial charge in [-0.3, -0.25) is 0 Å². The number of nitrogens with one attached hydrogen (secondary N) is 1. The van der Waals surface area contributed by atoms with Gasteiger partial charge in [-0.1, -0.05) is 40.2 Å². The first-order valence-corrected chi connectivity index (χ1v) is 6.75. The molecule has 0 saturated heterocycles. The molecule has 1 atom stereocenters. The third-order valence-electron chi connectivity index (χ3n) is 3.37. The van der Waals surface area contributed by atoms with E-state index in [9.17, 15) is 0 Å². The lowest BCUT2D eigenvalue weighted by Crippen LogP contribution is -2.06. The van der Waals surface area contributed by atoms with Gasteiger partial charge < -0.3 is 10.1 Å². The van der Waals surface area contributed by atoms with Crippen LogP contribution in [0, 0.1) is 0 Å². The van der Waals surface area contributed by atoms with Gasteiger partial charge in [-0.25, -0.2) is 0 Å². The van der Waals surface area contributed by atoms with Crippen molar-refractivity contribution in [3.63, 3.8) is 0 Å². The highest BCUT2D eigenvalue weighted by Gasteiger charge is 2.25. The van der Waals surface area contributed by atoms with Crippen LogP contribution in [0.5, 0.6) is 5.75 Å². The van der Waals surface area contributed by atoms with Gasteiger partial charge in [0.2, 0.25) is 0 Å². The molecule has 0 radical (unpaired) electrons. The molecule has 2 nitrogen and oxygen atoms in total. The second-order valence-electron chi connectivity index (χ2n) is 4.41. The lowest BCUT2D eigenvalue weighted by Gasteiger charge is -2.13. The van der Waals surface area contributed by atoms with Crippen LogP contribution in [0.4, 0.5) is 5.69 Å². The van der Waals surface area contributed by atoms with Crippen LogP contribution >= 0.6 is 15.9 Å². The monoisotopic (exact) mass is 303 g/mol. The molecule has 2 aromatic rings. The molecule has 2 aromatic carbocycles. The zero-order chi connectivity index (χ0) is 12.5. The van der Waals surface area contributed by atoms with Gasteiger partial charge in [0, 0.05) is 22.1 Å². The van der Waals surface area contributed by atoms with E-state index in [0.717, 1.165) is 16.6 Å². The molecule has 1 heterocycles. The molecule has 0 bridgehead atoms. The number of fused-ring (bicyclic) bond motifs is 1. The van der Waals surface area contributed by atoms with Gasteiger partial charge >= 0.3 is 0 Å². The maximum absolute atomic E-state index is 5.42. The summed E-state index contributed by atoms with van der Waals surface area (Å²) in [5, 5.41) is 3.56. The highest BCUT2D eigenvalue weighted by Crippen LogP contribution is 2.40. The van der Waals surface area contributed by atoms with E-state index >= 15 is 0 Å². The molecule has 18 heavy (non-hydrogen) atoms. The molecule has 0 aromatic heterocycles. The van der Waals surface area contributed by atoms with E-state index in [2.05, 4.69) is 45.5 Å². The third kappa shape index (κ3) is 1.89. The van der Waals surface area contributed by atoms with Gasteiger partial charge in [0.05, 0.1) is 13.2 Å². The molecular weight excluding hydrogens is 290 g/mol. The summed E-state index contributed by atoms with van der Waals surface area (Å²) in [6.45, 7) is 0. The van der Waals surface area contributed by atoms with Crippen LogP contribution in [0.15, 0.2) is 46.9 Å². The SMILES string of the molecule is COc1cccc2c1CC(c1ccccc1Br)N2. The van der Waals surface area contributed by atoms with E-state index in [1.165, 1.54) is 16.8 Å². The van der Waals surface area contributed by atoms with Gasteiger partial charge in [-0.05, 0) is 23.8 Å². The number of anilines is 1. The van der Waals surface area contributed by atoms with Crippen molar-refractivity contribution in [1.82, 2.24) is 0 Å². The second kappa shape index (κ2) is 4.65. The molecule has 0 fully saturated rings. The number of methoxy groups -OCH3 is 1. The molecule has 0 aliphatic carbocycles. The number of rotatable bonds is 2. The van der Waals surface area contributed by atoms with Crippen LogP contribution in [-0.2, 0) is 6.42 Å². The Labute approximate surface area is 115 Å². The first-order valence-electron chi connectivity index (χ1n) is 5.96. The van der Waals surface area contributed by atoms with Crippen molar-refractivity contribution < 1.29 is 4.74 Å². The van der Waals surface area contributed by atoms with Crippen LogP contribution in [-0.4, -0.2) is 7.11 Å². The van der Waals surface area contributed by atoms with Crippen LogP contribution in [0.25, 0.3) is 0 Å². The van der Waals surface area contributed by atoms with E-state index in [0.29, 0.717) is 6.04 Å². The molecule has 1 aliphatic heterocycles. The highest BCUT2D eigenvalue weighted by atomic mass is 79.9. The molecule has 0 spiro atoms. The van der Waals surface area contributed by atoms with Crippen LogP contribution in [0.3, 0.4) is 0 Å². The number of benzene rings is 2. The minimum atomic E-state index is 0.312. The van der Waals surface area contributed by atoms with Crippen molar-refractivity contribution in [1.29, 1.82) is 0 Å². The molecule has 1 N–H and O–H groups in total. The van der Waals surface area contributed by atoms with Crippen molar-refractivity contribution in [2.45, 2.75) is 12.5 Å². The van der Waals surface area contributed by atoms with E-state index in [1.807, 2.05) is 18.2 Å². The quantitative estimate of drug-likeness (QED) is 0.899. The van der Waals surface area contributed by atoms with Crippen molar-refractivity contribution in [3.8, 4) is 5.75 Å². The van der Waals surface area contributed by atoms with Crippen LogP contribution in [0.1, 0.15) is 17.2 Å². The summed E-state index contributed by atoms with van der Waals surface area (Å²) in [6, 6.07) is 14.8. The molecule has 0 amide bonds. The fraction of sp³-hybridized carbons (Fsp3) is 0.200. The van der Waals surface area contributed by atoms with Crippen molar-refractivity contribution in [2.24, 2.45) is 0 Å². The Bertz CT molecular complexity index is 582. The summed E-state index contributed by atoms with van der Waals surface area (Å²) < 4.78 is 6.57. The Kier molecular flexibility index (Phi) is 3.00. The predicted octanol–water partition coefficient (Wildman–Crippen LogP) is 4.17. The minimum absolute atomic E-state index is 0.312. The fourth-order valence-corrected chi connectivity index (χ4v) is 3.05. The smallest absolute Gasteiger partial charge is 0.124 e. The second-order valence-corrected chi connectivity index (χ2v) is 5.26. The fourth-order valence-electron chi connectivity index (χ4n) is 2.49. The third-order valence-corrected chi connectivity index (χ3v) is 4.09. The molecule has 0 saturated carbocycles. The molecule has 3 heteroatoms. The zero-order valence-electron chi connectivity index (χ0n) is 10.1. The largest absolute Gasteiger partial charge is 0.496 e. The number of hydrogen-bond donors (Lipinski definition) is 1. The molecular formula is C15H14BrNO. The lowest BCUT2D eigenvalue weighted by atomic mass is 10.0. The average Bonchev–Trinajstić information content (AvgIpc) is 2.82. The highest BCUT2D eigenvalue weighted by molar-refractivity contribution is 9.10. The predicted molar refractivity (Wildman–Crippen MR) is 77.2 cm³/mol. The van der Waals surface area contributed by atoms with E-state index < -0.39 is 0 Å². The standard InChI is InChI=1S/C15H14BrNO/c1-18-15-8-4-7-13-11(15)9-14(17-13)10-5-2-3-6-12(10)16/h2-8,14,17H,9H2,1H3. The average molecular weight is 304 g/mol. The van der Waals surface area contributed by atoms with Gasteiger partial charge in [-0.2, -0.15) is 0 Å². The summed E-state index contributed by atoms with van der Waals surface area (Å²) in [4.78, 5) is 0. The molecule has 3 rings (SSSR count). The molecule has 1 unspecified atom stereocenters. The Balaban J connectivity index is 1.96. The lowest BCUT2D eigenvalue weighted by molar-refractivity contribution is 0.410. The van der Waals surface area contributed by atoms with Gasteiger partial charge in [0.25, 0.3) is 0 Å². The Morgan fingerprint density at radius 3 is 2.78 bits per heavy atom. The van der Waals surface area contributed by atoms with E-state index in [-0.39, 0.29) is 0 Å².